The molecule has 2 rings (SSSR count). The van der Waals surface area contributed by atoms with Crippen LogP contribution in [0.3, 0.4) is 0 Å². The maximum absolute atomic E-state index is 3.60. The Kier molecular flexibility index (Phi) is 3.33. The van der Waals surface area contributed by atoms with Crippen molar-refractivity contribution < 1.29 is 0 Å². The van der Waals surface area contributed by atoms with Crippen molar-refractivity contribution in [2.45, 2.75) is 65.0 Å². The third-order valence-corrected chi connectivity index (χ3v) is 4.43. The summed E-state index contributed by atoms with van der Waals surface area (Å²) in [6.07, 6.45) is 5.62. The van der Waals surface area contributed by atoms with E-state index in [1.165, 1.54) is 38.8 Å². The Morgan fingerprint density at radius 3 is 2.25 bits per heavy atom. The minimum atomic E-state index is 0.311. The Morgan fingerprint density at radius 2 is 1.69 bits per heavy atom. The van der Waals surface area contributed by atoms with E-state index in [0.29, 0.717) is 11.0 Å². The molecule has 2 aliphatic rings. The van der Waals surface area contributed by atoms with Crippen LogP contribution in [0.25, 0.3) is 0 Å². The number of nitrogens with zero attached hydrogens (tertiary/aromatic N) is 1. The van der Waals surface area contributed by atoms with Gasteiger partial charge < -0.3 is 5.32 Å². The van der Waals surface area contributed by atoms with Crippen molar-refractivity contribution in [3.8, 4) is 0 Å². The van der Waals surface area contributed by atoms with Crippen LogP contribution in [0.2, 0.25) is 0 Å². The first-order valence-corrected chi connectivity index (χ1v) is 6.87. The van der Waals surface area contributed by atoms with Crippen LogP contribution in [-0.4, -0.2) is 36.1 Å². The molecule has 0 unspecified atom stereocenters. The van der Waals surface area contributed by atoms with Crippen LogP contribution in [0, 0.1) is 5.41 Å². The van der Waals surface area contributed by atoms with Gasteiger partial charge in [0.05, 0.1) is 0 Å². The van der Waals surface area contributed by atoms with Crippen LogP contribution in [0.15, 0.2) is 0 Å². The molecule has 2 nitrogen and oxygen atoms in total. The Hall–Kier alpha value is -0.0800. The Labute approximate surface area is 101 Å². The second-order valence-electron chi connectivity index (χ2n) is 7.18. The first-order valence-electron chi connectivity index (χ1n) is 6.87. The van der Waals surface area contributed by atoms with Crippen LogP contribution in [-0.2, 0) is 0 Å². The van der Waals surface area contributed by atoms with Gasteiger partial charge in [0.1, 0.15) is 0 Å². The molecule has 1 aliphatic carbocycles. The van der Waals surface area contributed by atoms with Gasteiger partial charge >= 0.3 is 0 Å². The zero-order valence-corrected chi connectivity index (χ0v) is 11.5. The number of hydrogen-bond donors (Lipinski definition) is 1. The number of rotatable bonds is 1. The lowest BCUT2D eigenvalue weighted by molar-refractivity contribution is 0.0625. The summed E-state index contributed by atoms with van der Waals surface area (Å²) < 4.78 is 0. The number of nitrogens with one attached hydrogen (secondary N) is 1. The molecule has 16 heavy (non-hydrogen) atoms. The lowest BCUT2D eigenvalue weighted by Gasteiger charge is -2.46. The summed E-state index contributed by atoms with van der Waals surface area (Å²) in [6, 6.07) is 0.856. The summed E-state index contributed by atoms with van der Waals surface area (Å²) >= 11 is 0. The molecule has 1 saturated carbocycles. The molecule has 0 aromatic rings. The third kappa shape index (κ3) is 2.98. The first kappa shape index (κ1) is 12.4. The monoisotopic (exact) mass is 224 g/mol. The molecule has 94 valence electrons. The zero-order valence-electron chi connectivity index (χ0n) is 11.5. The van der Waals surface area contributed by atoms with Crippen LogP contribution < -0.4 is 5.32 Å². The zero-order chi connectivity index (χ0) is 11.8. The Bertz CT molecular complexity index is 235. The predicted molar refractivity (Wildman–Crippen MR) is 69.7 cm³/mol. The van der Waals surface area contributed by atoms with Gasteiger partial charge in [-0.15, -0.1) is 0 Å². The van der Waals surface area contributed by atoms with E-state index in [0.717, 1.165) is 12.6 Å². The van der Waals surface area contributed by atoms with Gasteiger partial charge in [-0.3, -0.25) is 4.90 Å². The summed E-state index contributed by atoms with van der Waals surface area (Å²) in [6.45, 7) is 13.1. The Balaban J connectivity index is 1.89. The normalized spacial score (nSPS) is 31.5. The fourth-order valence-electron chi connectivity index (χ4n) is 3.24. The van der Waals surface area contributed by atoms with Crippen molar-refractivity contribution >= 4 is 0 Å². The Morgan fingerprint density at radius 1 is 1.06 bits per heavy atom. The molecule has 0 radical (unpaired) electrons. The van der Waals surface area contributed by atoms with Crippen molar-refractivity contribution in [1.29, 1.82) is 0 Å². The molecule has 0 bridgehead atoms. The molecular formula is C14H28N2. The molecule has 0 aromatic carbocycles. The lowest BCUT2D eigenvalue weighted by Crippen LogP contribution is -2.59. The largest absolute Gasteiger partial charge is 0.309 e. The van der Waals surface area contributed by atoms with E-state index >= 15 is 0 Å². The van der Waals surface area contributed by atoms with Gasteiger partial charge in [-0.2, -0.15) is 0 Å². The van der Waals surface area contributed by atoms with E-state index in [4.69, 9.17) is 0 Å². The quantitative estimate of drug-likeness (QED) is 0.736. The van der Waals surface area contributed by atoms with E-state index < -0.39 is 0 Å². The van der Waals surface area contributed by atoms with E-state index in [1.54, 1.807) is 0 Å². The molecule has 1 aliphatic heterocycles. The fourth-order valence-corrected chi connectivity index (χ4v) is 3.24. The minimum absolute atomic E-state index is 0.311. The van der Waals surface area contributed by atoms with E-state index in [-0.39, 0.29) is 0 Å². The standard InChI is InChI=1S/C14H28N2/c1-13(2)7-5-12(6-8-13)16-10-9-15-14(3,4)11-16/h12,15H,5-11H2,1-4H3. The second kappa shape index (κ2) is 4.30. The molecule has 1 heterocycles. The fraction of sp³-hybridized carbons (Fsp3) is 1.00. The van der Waals surface area contributed by atoms with Crippen LogP contribution in [0.4, 0.5) is 0 Å². The lowest BCUT2D eigenvalue weighted by atomic mass is 9.75. The van der Waals surface area contributed by atoms with Gasteiger partial charge in [0.25, 0.3) is 0 Å². The molecule has 2 heteroatoms. The van der Waals surface area contributed by atoms with Gasteiger partial charge in [0.15, 0.2) is 0 Å². The van der Waals surface area contributed by atoms with Crippen LogP contribution >= 0.6 is 0 Å². The molecular weight excluding hydrogens is 196 g/mol. The molecule has 0 atom stereocenters. The minimum Gasteiger partial charge on any atom is -0.309 e. The van der Waals surface area contributed by atoms with E-state index in [9.17, 15) is 0 Å². The summed E-state index contributed by atoms with van der Waals surface area (Å²) in [7, 11) is 0. The number of piperazine rings is 1. The van der Waals surface area contributed by atoms with Crippen molar-refractivity contribution in [3.63, 3.8) is 0 Å². The summed E-state index contributed by atoms with van der Waals surface area (Å²) in [4.78, 5) is 2.73. The predicted octanol–water partition coefficient (Wildman–Crippen LogP) is 2.64. The smallest absolute Gasteiger partial charge is 0.0252 e. The topological polar surface area (TPSA) is 15.3 Å². The average Bonchev–Trinajstić information content (AvgIpc) is 2.16. The molecule has 1 N–H and O–H groups in total. The molecule has 1 saturated heterocycles. The van der Waals surface area contributed by atoms with Crippen molar-refractivity contribution in [2.75, 3.05) is 19.6 Å². The van der Waals surface area contributed by atoms with Gasteiger partial charge in [0, 0.05) is 31.2 Å². The van der Waals surface area contributed by atoms with Crippen molar-refractivity contribution in [2.24, 2.45) is 5.41 Å². The SMILES string of the molecule is CC1(C)CCC(N2CCNC(C)(C)C2)CC1. The van der Waals surface area contributed by atoms with Crippen LogP contribution in [0.5, 0.6) is 0 Å². The van der Waals surface area contributed by atoms with Crippen molar-refractivity contribution in [3.05, 3.63) is 0 Å². The maximum Gasteiger partial charge on any atom is 0.0252 e. The highest BCUT2D eigenvalue weighted by Crippen LogP contribution is 2.37. The highest BCUT2D eigenvalue weighted by molar-refractivity contribution is 4.92. The van der Waals surface area contributed by atoms with E-state index in [2.05, 4.69) is 37.9 Å². The first-order chi connectivity index (χ1) is 7.38. The summed E-state index contributed by atoms with van der Waals surface area (Å²) in [5, 5.41) is 3.60. The van der Waals surface area contributed by atoms with Crippen molar-refractivity contribution in [1.82, 2.24) is 10.2 Å². The number of hydrogen-bond acceptors (Lipinski definition) is 2. The molecule has 0 amide bonds. The van der Waals surface area contributed by atoms with Gasteiger partial charge in [-0.05, 0) is 44.9 Å². The van der Waals surface area contributed by atoms with E-state index in [1.807, 2.05) is 0 Å². The highest BCUT2D eigenvalue weighted by Gasteiger charge is 2.34. The third-order valence-electron chi connectivity index (χ3n) is 4.43. The maximum atomic E-state index is 3.60. The summed E-state index contributed by atoms with van der Waals surface area (Å²) in [5.74, 6) is 0. The molecule has 0 spiro atoms. The second-order valence-corrected chi connectivity index (χ2v) is 7.18. The average molecular weight is 224 g/mol. The molecule has 2 fully saturated rings. The highest BCUT2D eigenvalue weighted by atomic mass is 15.2. The summed E-state index contributed by atoms with van der Waals surface area (Å²) in [5.41, 5.74) is 0.908. The van der Waals surface area contributed by atoms with Crippen LogP contribution in [0.1, 0.15) is 53.4 Å². The molecule has 0 aromatic heterocycles. The van der Waals surface area contributed by atoms with Gasteiger partial charge in [-0.1, -0.05) is 13.8 Å². The van der Waals surface area contributed by atoms with Gasteiger partial charge in [-0.25, -0.2) is 0 Å². The van der Waals surface area contributed by atoms with Gasteiger partial charge in [0.2, 0.25) is 0 Å².